The molecule has 8 heteroatoms. The van der Waals surface area contributed by atoms with Crippen molar-refractivity contribution >= 4 is 38.9 Å². The van der Waals surface area contributed by atoms with E-state index in [0.29, 0.717) is 5.56 Å². The number of sulfonamides is 1. The SMILES string of the molecule is CC(=O)Nc1cc(NS(=O)(=O)c2cc(Cl)ccc2C)ccc1F. The van der Waals surface area contributed by atoms with Crippen LogP contribution in [-0.2, 0) is 14.8 Å². The molecule has 0 aromatic heterocycles. The second-order valence-corrected chi connectivity index (χ2v) is 6.98. The third-order valence-electron chi connectivity index (χ3n) is 2.97. The van der Waals surface area contributed by atoms with E-state index in [-0.39, 0.29) is 21.3 Å². The summed E-state index contributed by atoms with van der Waals surface area (Å²) in [6, 6.07) is 8.03. The summed E-state index contributed by atoms with van der Waals surface area (Å²) in [4.78, 5) is 11.1. The van der Waals surface area contributed by atoms with Gasteiger partial charge in [-0.05, 0) is 42.8 Å². The highest BCUT2D eigenvalue weighted by atomic mass is 35.5. The maximum atomic E-state index is 13.6. The number of nitrogens with one attached hydrogen (secondary N) is 2. The molecule has 2 N–H and O–H groups in total. The molecule has 0 unspecified atom stereocenters. The van der Waals surface area contributed by atoms with Crippen LogP contribution in [0, 0.1) is 12.7 Å². The van der Waals surface area contributed by atoms with Crippen molar-refractivity contribution in [3.63, 3.8) is 0 Å². The van der Waals surface area contributed by atoms with Crippen LogP contribution in [0.25, 0.3) is 0 Å². The van der Waals surface area contributed by atoms with E-state index in [2.05, 4.69) is 10.0 Å². The molecule has 23 heavy (non-hydrogen) atoms. The molecule has 0 heterocycles. The van der Waals surface area contributed by atoms with Crippen molar-refractivity contribution < 1.29 is 17.6 Å². The molecule has 0 saturated heterocycles. The van der Waals surface area contributed by atoms with Crippen LogP contribution < -0.4 is 10.0 Å². The van der Waals surface area contributed by atoms with E-state index in [1.807, 2.05) is 0 Å². The van der Waals surface area contributed by atoms with Gasteiger partial charge in [-0.15, -0.1) is 0 Å². The van der Waals surface area contributed by atoms with Gasteiger partial charge < -0.3 is 5.32 Å². The Morgan fingerprint density at radius 1 is 1.17 bits per heavy atom. The highest BCUT2D eigenvalue weighted by Crippen LogP contribution is 2.25. The van der Waals surface area contributed by atoms with E-state index < -0.39 is 21.7 Å². The van der Waals surface area contributed by atoms with E-state index in [0.717, 1.165) is 6.07 Å². The fourth-order valence-corrected chi connectivity index (χ4v) is 3.51. The Labute approximate surface area is 138 Å². The zero-order chi connectivity index (χ0) is 17.2. The summed E-state index contributed by atoms with van der Waals surface area (Å²) < 4.78 is 40.8. The Bertz CT molecular complexity index is 869. The van der Waals surface area contributed by atoms with Gasteiger partial charge in [-0.3, -0.25) is 9.52 Å². The predicted molar refractivity (Wildman–Crippen MR) is 87.7 cm³/mol. The average Bonchev–Trinajstić information content (AvgIpc) is 2.44. The van der Waals surface area contributed by atoms with E-state index in [4.69, 9.17) is 11.6 Å². The van der Waals surface area contributed by atoms with Crippen LogP contribution in [0.2, 0.25) is 5.02 Å². The summed E-state index contributed by atoms with van der Waals surface area (Å²) in [6.07, 6.45) is 0. The second-order valence-electron chi connectivity index (χ2n) is 4.89. The number of hydrogen-bond acceptors (Lipinski definition) is 3. The van der Waals surface area contributed by atoms with Gasteiger partial charge in [-0.25, -0.2) is 12.8 Å². The lowest BCUT2D eigenvalue weighted by Crippen LogP contribution is -2.15. The van der Waals surface area contributed by atoms with Crippen molar-refractivity contribution in [1.29, 1.82) is 0 Å². The minimum atomic E-state index is -3.89. The molecule has 0 atom stereocenters. The fourth-order valence-electron chi connectivity index (χ4n) is 1.95. The lowest BCUT2D eigenvalue weighted by atomic mass is 10.2. The highest BCUT2D eigenvalue weighted by molar-refractivity contribution is 7.92. The molecule has 0 saturated carbocycles. The van der Waals surface area contributed by atoms with Crippen LogP contribution in [0.5, 0.6) is 0 Å². The maximum absolute atomic E-state index is 13.6. The molecule has 122 valence electrons. The number of hydrogen-bond donors (Lipinski definition) is 2. The first kappa shape index (κ1) is 17.2. The molecule has 0 radical (unpaired) electrons. The molecule has 5 nitrogen and oxygen atoms in total. The normalized spacial score (nSPS) is 11.1. The van der Waals surface area contributed by atoms with Crippen molar-refractivity contribution in [3.8, 4) is 0 Å². The Kier molecular flexibility index (Phi) is 4.91. The van der Waals surface area contributed by atoms with Crippen molar-refractivity contribution in [1.82, 2.24) is 0 Å². The summed E-state index contributed by atoms with van der Waals surface area (Å²) in [6.45, 7) is 2.86. The van der Waals surface area contributed by atoms with Gasteiger partial charge in [0.05, 0.1) is 16.3 Å². The zero-order valence-corrected chi connectivity index (χ0v) is 13.9. The average molecular weight is 357 g/mol. The van der Waals surface area contributed by atoms with Gasteiger partial charge in [0.25, 0.3) is 10.0 Å². The minimum Gasteiger partial charge on any atom is -0.324 e. The predicted octanol–water partition coefficient (Wildman–Crippen LogP) is 3.55. The van der Waals surface area contributed by atoms with Crippen LogP contribution in [0.15, 0.2) is 41.3 Å². The molecule has 0 bridgehead atoms. The van der Waals surface area contributed by atoms with Gasteiger partial charge in [0.1, 0.15) is 5.82 Å². The third-order valence-corrected chi connectivity index (χ3v) is 4.73. The number of halogens is 2. The van der Waals surface area contributed by atoms with Gasteiger partial charge in [-0.1, -0.05) is 17.7 Å². The molecule has 2 aromatic rings. The lowest BCUT2D eigenvalue weighted by Gasteiger charge is -2.12. The third kappa shape index (κ3) is 4.20. The molecule has 0 aliphatic carbocycles. The Hall–Kier alpha value is -2.12. The van der Waals surface area contributed by atoms with Crippen molar-refractivity contribution in [2.45, 2.75) is 18.7 Å². The molecule has 1 amide bonds. The standard InChI is InChI=1S/C15H14ClFN2O3S/c1-9-3-4-11(16)7-15(9)23(21,22)19-12-5-6-13(17)14(8-12)18-10(2)20/h3-8,19H,1-2H3,(H,18,20). The number of rotatable bonds is 4. The first-order chi connectivity index (χ1) is 10.7. The Balaban J connectivity index is 2.37. The molecular formula is C15H14ClFN2O3S. The number of benzene rings is 2. The maximum Gasteiger partial charge on any atom is 0.262 e. The van der Waals surface area contributed by atoms with Crippen LogP contribution in [0.4, 0.5) is 15.8 Å². The molecule has 0 aliphatic heterocycles. The van der Waals surface area contributed by atoms with E-state index in [9.17, 15) is 17.6 Å². The molecule has 0 spiro atoms. The number of amides is 1. The fraction of sp³-hybridized carbons (Fsp3) is 0.133. The molecule has 0 fully saturated rings. The number of carbonyl (C=O) groups is 1. The lowest BCUT2D eigenvalue weighted by molar-refractivity contribution is -0.114. The van der Waals surface area contributed by atoms with Gasteiger partial charge in [0, 0.05) is 11.9 Å². The van der Waals surface area contributed by atoms with Crippen molar-refractivity contribution in [3.05, 3.63) is 52.8 Å². The summed E-state index contributed by atoms with van der Waals surface area (Å²) in [7, 11) is -3.89. The van der Waals surface area contributed by atoms with E-state index in [1.54, 1.807) is 19.1 Å². The molecule has 2 aromatic carbocycles. The first-order valence-corrected chi connectivity index (χ1v) is 8.41. The van der Waals surface area contributed by atoms with Crippen molar-refractivity contribution in [2.24, 2.45) is 0 Å². The summed E-state index contributed by atoms with van der Waals surface area (Å²) in [5.74, 6) is -1.13. The van der Waals surface area contributed by atoms with Gasteiger partial charge in [-0.2, -0.15) is 0 Å². The van der Waals surface area contributed by atoms with E-state index >= 15 is 0 Å². The highest BCUT2D eigenvalue weighted by Gasteiger charge is 2.18. The molecule has 2 rings (SSSR count). The van der Waals surface area contributed by atoms with Gasteiger partial charge in [0.15, 0.2) is 0 Å². The number of anilines is 2. The summed E-state index contributed by atoms with van der Waals surface area (Å²) in [5, 5.41) is 2.58. The van der Waals surface area contributed by atoms with Gasteiger partial charge in [0.2, 0.25) is 5.91 Å². The largest absolute Gasteiger partial charge is 0.324 e. The zero-order valence-electron chi connectivity index (χ0n) is 12.4. The molecular weight excluding hydrogens is 343 g/mol. The monoisotopic (exact) mass is 356 g/mol. The summed E-state index contributed by atoms with van der Waals surface area (Å²) in [5.41, 5.74) is 0.529. The van der Waals surface area contributed by atoms with E-state index in [1.165, 1.54) is 25.1 Å². The van der Waals surface area contributed by atoms with Gasteiger partial charge >= 0.3 is 0 Å². The second kappa shape index (κ2) is 6.55. The number of aryl methyl sites for hydroxylation is 1. The van der Waals surface area contributed by atoms with Crippen LogP contribution in [0.3, 0.4) is 0 Å². The van der Waals surface area contributed by atoms with Crippen LogP contribution >= 0.6 is 11.6 Å². The minimum absolute atomic E-state index is 0.0235. The quantitative estimate of drug-likeness (QED) is 0.879. The molecule has 0 aliphatic rings. The first-order valence-electron chi connectivity index (χ1n) is 6.55. The summed E-state index contributed by atoms with van der Waals surface area (Å²) >= 11 is 5.84. The smallest absolute Gasteiger partial charge is 0.262 e. The van der Waals surface area contributed by atoms with Crippen molar-refractivity contribution in [2.75, 3.05) is 10.0 Å². The Morgan fingerprint density at radius 3 is 2.52 bits per heavy atom. The number of carbonyl (C=O) groups excluding carboxylic acids is 1. The Morgan fingerprint density at radius 2 is 1.87 bits per heavy atom. The van der Waals surface area contributed by atoms with Crippen LogP contribution in [-0.4, -0.2) is 14.3 Å². The topological polar surface area (TPSA) is 75.3 Å². The van der Waals surface area contributed by atoms with Crippen LogP contribution in [0.1, 0.15) is 12.5 Å².